The second kappa shape index (κ2) is 12.7. The van der Waals surface area contributed by atoms with Crippen LogP contribution >= 0.6 is 11.3 Å². The van der Waals surface area contributed by atoms with E-state index in [1.807, 2.05) is 11.3 Å². The van der Waals surface area contributed by atoms with E-state index < -0.39 is 0 Å². The number of benzene rings is 9. The van der Waals surface area contributed by atoms with E-state index in [1.165, 1.54) is 80.8 Å². The van der Waals surface area contributed by atoms with Crippen LogP contribution in [0, 0.1) is 0 Å². The molecule has 0 aliphatic rings. The number of anilines is 3. The van der Waals surface area contributed by atoms with Gasteiger partial charge in [-0.3, -0.25) is 0 Å². The average molecular weight is 680 g/mol. The fourth-order valence-corrected chi connectivity index (χ4v) is 9.16. The van der Waals surface area contributed by atoms with Crippen LogP contribution in [0.25, 0.3) is 75.1 Å². The van der Waals surface area contributed by atoms with E-state index in [1.54, 1.807) is 0 Å². The largest absolute Gasteiger partial charge is 0.310 e. The third-order valence-corrected chi connectivity index (χ3v) is 11.5. The third kappa shape index (κ3) is 5.16. The van der Waals surface area contributed by atoms with Crippen molar-refractivity contribution >= 4 is 70.1 Å². The van der Waals surface area contributed by atoms with Gasteiger partial charge in [0.1, 0.15) is 0 Å². The minimum atomic E-state index is 1.12. The number of hydrogen-bond donors (Lipinski definition) is 0. The highest BCUT2D eigenvalue weighted by atomic mass is 32.1. The van der Waals surface area contributed by atoms with Crippen LogP contribution in [0.15, 0.2) is 200 Å². The molecule has 52 heavy (non-hydrogen) atoms. The summed E-state index contributed by atoms with van der Waals surface area (Å²) in [6, 6.07) is 72.7. The summed E-state index contributed by atoms with van der Waals surface area (Å²) in [5.41, 5.74) is 10.9. The molecule has 0 amide bonds. The number of thiophene rings is 1. The lowest BCUT2D eigenvalue weighted by molar-refractivity contribution is 1.30. The van der Waals surface area contributed by atoms with E-state index in [0.717, 1.165) is 11.4 Å². The van der Waals surface area contributed by atoms with Crippen molar-refractivity contribution in [2.24, 2.45) is 0 Å². The normalized spacial score (nSPS) is 11.5. The molecule has 0 saturated carbocycles. The molecule has 1 heterocycles. The van der Waals surface area contributed by atoms with Crippen molar-refractivity contribution in [2.45, 2.75) is 0 Å². The third-order valence-electron chi connectivity index (χ3n) is 10.3. The average Bonchev–Trinajstić information content (AvgIpc) is 3.61. The Morgan fingerprint density at radius 1 is 0.308 bits per heavy atom. The first-order chi connectivity index (χ1) is 25.8. The van der Waals surface area contributed by atoms with Crippen LogP contribution in [0.5, 0.6) is 0 Å². The summed E-state index contributed by atoms with van der Waals surface area (Å²) in [4.78, 5) is 2.36. The van der Waals surface area contributed by atoms with Crippen molar-refractivity contribution in [2.75, 3.05) is 4.90 Å². The summed E-state index contributed by atoms with van der Waals surface area (Å²) in [6.45, 7) is 0. The molecule has 0 unspecified atom stereocenters. The molecular weight excluding hydrogens is 647 g/mol. The maximum Gasteiger partial charge on any atom is 0.0540 e. The second-order valence-electron chi connectivity index (χ2n) is 13.3. The summed E-state index contributed by atoms with van der Waals surface area (Å²) in [6.07, 6.45) is 0. The first kappa shape index (κ1) is 30.4. The van der Waals surface area contributed by atoms with Crippen LogP contribution in [0.4, 0.5) is 17.1 Å². The van der Waals surface area contributed by atoms with Crippen molar-refractivity contribution in [3.05, 3.63) is 200 Å². The Labute approximate surface area is 307 Å². The molecule has 0 radical (unpaired) electrons. The zero-order valence-electron chi connectivity index (χ0n) is 28.4. The fourth-order valence-electron chi connectivity index (χ4n) is 7.80. The lowest BCUT2D eigenvalue weighted by atomic mass is 9.96. The highest BCUT2D eigenvalue weighted by molar-refractivity contribution is 7.26. The molecule has 0 aliphatic carbocycles. The fraction of sp³-hybridized carbons (Fsp3) is 0. The Hall–Kier alpha value is -6.48. The Morgan fingerprint density at radius 3 is 1.62 bits per heavy atom. The molecule has 0 N–H and O–H groups in total. The van der Waals surface area contributed by atoms with Crippen molar-refractivity contribution in [1.82, 2.24) is 0 Å². The highest BCUT2D eigenvalue weighted by Gasteiger charge is 2.17. The van der Waals surface area contributed by atoms with Crippen molar-refractivity contribution in [1.29, 1.82) is 0 Å². The number of hydrogen-bond acceptors (Lipinski definition) is 2. The number of rotatable bonds is 6. The maximum absolute atomic E-state index is 2.36. The van der Waals surface area contributed by atoms with Gasteiger partial charge in [-0.05, 0) is 80.4 Å². The molecular formula is C50H33NS. The Morgan fingerprint density at radius 2 is 0.827 bits per heavy atom. The van der Waals surface area contributed by atoms with E-state index >= 15 is 0 Å². The molecule has 9 aromatic carbocycles. The molecule has 0 spiro atoms. The van der Waals surface area contributed by atoms with Crippen molar-refractivity contribution < 1.29 is 0 Å². The number of para-hydroxylation sites is 1. The van der Waals surface area contributed by atoms with Gasteiger partial charge in [-0.15, -0.1) is 11.3 Å². The van der Waals surface area contributed by atoms with Gasteiger partial charge in [0.05, 0.1) is 5.69 Å². The molecule has 0 fully saturated rings. The van der Waals surface area contributed by atoms with Gasteiger partial charge in [0.2, 0.25) is 0 Å². The standard InChI is InChI=1S/C50H33NS/c1-2-19-39(20-3-1)51(48-28-10-16-36-14-5-7-22-42(36)48)40-31-29-34(30-32-40)37-17-8-18-38(33-37)43-23-11-26-46-47-27-12-25-45(50(47)52-49(43)46)44-24-9-15-35-13-4-6-21-41(35)44/h1-33H. The number of nitrogens with zero attached hydrogens (tertiary/aromatic N) is 1. The molecule has 0 bridgehead atoms. The Bertz CT molecular complexity index is 2890. The molecule has 2 heteroatoms. The molecule has 1 aromatic heterocycles. The highest BCUT2D eigenvalue weighted by Crippen LogP contribution is 2.45. The van der Waals surface area contributed by atoms with E-state index in [0.29, 0.717) is 0 Å². The van der Waals surface area contributed by atoms with Crippen LogP contribution in [0.1, 0.15) is 0 Å². The zero-order valence-corrected chi connectivity index (χ0v) is 29.2. The van der Waals surface area contributed by atoms with Gasteiger partial charge in [0.15, 0.2) is 0 Å². The predicted molar refractivity (Wildman–Crippen MR) is 225 cm³/mol. The van der Waals surface area contributed by atoms with E-state index in [9.17, 15) is 0 Å². The molecule has 0 aliphatic heterocycles. The monoisotopic (exact) mass is 679 g/mol. The summed E-state index contributed by atoms with van der Waals surface area (Å²) in [5.74, 6) is 0. The lowest BCUT2D eigenvalue weighted by Gasteiger charge is -2.27. The minimum absolute atomic E-state index is 1.12. The van der Waals surface area contributed by atoms with Gasteiger partial charge in [0, 0.05) is 42.5 Å². The first-order valence-electron chi connectivity index (χ1n) is 17.8. The topological polar surface area (TPSA) is 3.24 Å². The minimum Gasteiger partial charge on any atom is -0.310 e. The van der Waals surface area contributed by atoms with Crippen molar-refractivity contribution in [3.8, 4) is 33.4 Å². The van der Waals surface area contributed by atoms with Gasteiger partial charge < -0.3 is 4.90 Å². The Kier molecular flexibility index (Phi) is 7.41. The van der Waals surface area contributed by atoms with Crippen LogP contribution < -0.4 is 4.90 Å². The first-order valence-corrected chi connectivity index (χ1v) is 18.6. The van der Waals surface area contributed by atoms with Gasteiger partial charge in [0.25, 0.3) is 0 Å². The van der Waals surface area contributed by atoms with Crippen molar-refractivity contribution in [3.63, 3.8) is 0 Å². The SMILES string of the molecule is c1ccc(N(c2ccc(-c3cccc(-c4cccc5c4sc4c(-c6cccc7ccccc67)cccc45)c3)cc2)c2cccc3ccccc23)cc1. The smallest absolute Gasteiger partial charge is 0.0540 e. The van der Waals surface area contributed by atoms with Crippen LogP contribution in [0.2, 0.25) is 0 Å². The van der Waals surface area contributed by atoms with E-state index in [4.69, 9.17) is 0 Å². The van der Waals surface area contributed by atoms with Gasteiger partial charge in [-0.2, -0.15) is 0 Å². The molecule has 10 rings (SSSR count). The second-order valence-corrected chi connectivity index (χ2v) is 14.3. The van der Waals surface area contributed by atoms with Crippen LogP contribution in [0.3, 0.4) is 0 Å². The molecule has 10 aromatic rings. The van der Waals surface area contributed by atoms with Gasteiger partial charge >= 0.3 is 0 Å². The van der Waals surface area contributed by atoms with Crippen LogP contribution in [-0.2, 0) is 0 Å². The maximum atomic E-state index is 2.36. The molecule has 244 valence electrons. The summed E-state index contributed by atoms with van der Waals surface area (Å²) < 4.78 is 2.66. The number of fused-ring (bicyclic) bond motifs is 5. The van der Waals surface area contributed by atoms with E-state index in [2.05, 4.69) is 205 Å². The summed E-state index contributed by atoms with van der Waals surface area (Å²) >= 11 is 1.91. The summed E-state index contributed by atoms with van der Waals surface area (Å²) in [7, 11) is 0. The molecule has 0 atom stereocenters. The van der Waals surface area contributed by atoms with Crippen LogP contribution in [-0.4, -0.2) is 0 Å². The molecule has 1 nitrogen and oxygen atoms in total. The summed E-state index contributed by atoms with van der Waals surface area (Å²) in [5, 5.41) is 7.64. The van der Waals surface area contributed by atoms with E-state index in [-0.39, 0.29) is 0 Å². The predicted octanol–water partition coefficient (Wildman–Crippen LogP) is 14.8. The Balaban J connectivity index is 1.05. The lowest BCUT2D eigenvalue weighted by Crippen LogP contribution is -2.10. The van der Waals surface area contributed by atoms with Gasteiger partial charge in [-0.1, -0.05) is 164 Å². The quantitative estimate of drug-likeness (QED) is 0.169. The molecule has 0 saturated heterocycles. The van der Waals surface area contributed by atoms with Gasteiger partial charge in [-0.25, -0.2) is 0 Å². The zero-order chi connectivity index (χ0) is 34.4.